The SMILES string of the molecule is CCCN1C(=O)C2CC=C3C(CC4C(=O)N(c5cccc(Cl)c5)C(=O)C4(c4ccccc4)C3c3cc(Cl)ccc3O)C2C1=O. The molecule has 0 radical (unpaired) electrons. The normalized spacial score (nSPS) is 29.4. The number of hydrogen-bond acceptors (Lipinski definition) is 5. The molecular weight excluding hydrogens is 599 g/mol. The molecule has 3 aromatic rings. The number of rotatable bonds is 5. The predicted octanol–water partition coefficient (Wildman–Crippen LogP) is 6.27. The Morgan fingerprint density at radius 3 is 2.34 bits per heavy atom. The Labute approximate surface area is 265 Å². The highest BCUT2D eigenvalue weighted by molar-refractivity contribution is 6.32. The molecule has 7 nitrogen and oxygen atoms in total. The molecule has 1 saturated carbocycles. The summed E-state index contributed by atoms with van der Waals surface area (Å²) in [5, 5.41) is 12.1. The molecule has 7 rings (SSSR count). The van der Waals surface area contributed by atoms with Crippen LogP contribution >= 0.6 is 23.2 Å². The lowest BCUT2D eigenvalue weighted by molar-refractivity contribution is -0.140. The lowest BCUT2D eigenvalue weighted by atomic mass is 9.49. The van der Waals surface area contributed by atoms with Crippen LogP contribution in [0, 0.1) is 23.7 Å². The second-order valence-electron chi connectivity index (χ2n) is 12.1. The number of benzene rings is 3. The smallest absolute Gasteiger partial charge is 0.246 e. The Hall–Kier alpha value is -3.94. The maximum Gasteiger partial charge on any atom is 0.246 e. The Balaban J connectivity index is 1.51. The monoisotopic (exact) mass is 628 g/mol. The standard InChI is InChI=1S/C35H30Cl2N2O5/c1-2-15-38-31(41)24-13-12-23-25(29(24)33(38)43)18-27-32(42)39(22-10-6-9-20(36)16-22)34(44)35(27,19-7-4-3-5-8-19)30(23)26-17-21(37)11-14-28(26)40/h3-12,14,16-17,24-25,27,29-30,40H,2,13,15,18H2,1H3. The molecule has 4 amide bonds. The molecule has 0 bridgehead atoms. The molecule has 3 fully saturated rings. The summed E-state index contributed by atoms with van der Waals surface area (Å²) in [6.07, 6.45) is 3.13. The number of amides is 4. The summed E-state index contributed by atoms with van der Waals surface area (Å²) in [7, 11) is 0. The first kappa shape index (κ1) is 28.8. The van der Waals surface area contributed by atoms with Crippen LogP contribution in [0.25, 0.3) is 0 Å². The lowest BCUT2D eigenvalue weighted by Gasteiger charge is -2.50. The van der Waals surface area contributed by atoms with Gasteiger partial charge < -0.3 is 5.11 Å². The Bertz CT molecular complexity index is 1760. The number of halogens is 2. The van der Waals surface area contributed by atoms with Gasteiger partial charge in [-0.05, 0) is 67.1 Å². The van der Waals surface area contributed by atoms with Crippen molar-refractivity contribution in [2.75, 3.05) is 11.4 Å². The first-order chi connectivity index (χ1) is 21.2. The van der Waals surface area contributed by atoms with E-state index >= 15 is 4.79 Å². The van der Waals surface area contributed by atoms with Crippen molar-refractivity contribution in [1.29, 1.82) is 0 Å². The zero-order valence-electron chi connectivity index (χ0n) is 24.0. The van der Waals surface area contributed by atoms with Gasteiger partial charge in [-0.1, -0.05) is 78.2 Å². The minimum atomic E-state index is -1.47. The Morgan fingerprint density at radius 1 is 0.864 bits per heavy atom. The molecule has 44 heavy (non-hydrogen) atoms. The van der Waals surface area contributed by atoms with E-state index in [2.05, 4.69) is 0 Å². The van der Waals surface area contributed by atoms with Gasteiger partial charge in [0.05, 0.1) is 28.9 Å². The van der Waals surface area contributed by atoms with Crippen molar-refractivity contribution in [1.82, 2.24) is 4.90 Å². The fraction of sp³-hybridized carbons (Fsp3) is 0.314. The minimum Gasteiger partial charge on any atom is -0.508 e. The number of imide groups is 2. The van der Waals surface area contributed by atoms with Gasteiger partial charge in [-0.3, -0.25) is 24.1 Å². The van der Waals surface area contributed by atoms with Crippen molar-refractivity contribution in [3.8, 4) is 5.75 Å². The van der Waals surface area contributed by atoms with E-state index in [1.165, 1.54) is 15.9 Å². The van der Waals surface area contributed by atoms with Gasteiger partial charge in [0, 0.05) is 28.1 Å². The number of fused-ring (bicyclic) bond motifs is 4. The van der Waals surface area contributed by atoms with Gasteiger partial charge in [0.25, 0.3) is 0 Å². The number of anilines is 1. The number of allylic oxidation sites excluding steroid dienone is 2. The third-order valence-electron chi connectivity index (χ3n) is 10.0. The third-order valence-corrected chi connectivity index (χ3v) is 10.5. The van der Waals surface area contributed by atoms with Crippen LogP contribution in [-0.4, -0.2) is 40.2 Å². The molecule has 2 aliphatic heterocycles. The number of carbonyl (C=O) groups is 4. The molecule has 6 unspecified atom stereocenters. The van der Waals surface area contributed by atoms with Gasteiger partial charge in [-0.15, -0.1) is 0 Å². The lowest BCUT2D eigenvalue weighted by Crippen LogP contribution is -2.53. The van der Waals surface area contributed by atoms with Crippen LogP contribution in [0.1, 0.15) is 43.2 Å². The molecule has 3 aromatic carbocycles. The largest absolute Gasteiger partial charge is 0.508 e. The van der Waals surface area contributed by atoms with Gasteiger partial charge in [0.15, 0.2) is 0 Å². The van der Waals surface area contributed by atoms with E-state index in [1.807, 2.05) is 43.3 Å². The zero-order chi connectivity index (χ0) is 30.9. The maximum atomic E-state index is 15.1. The van der Waals surface area contributed by atoms with Gasteiger partial charge in [-0.25, -0.2) is 4.90 Å². The van der Waals surface area contributed by atoms with Crippen LogP contribution in [0.5, 0.6) is 5.75 Å². The van der Waals surface area contributed by atoms with Gasteiger partial charge in [0.2, 0.25) is 23.6 Å². The second kappa shape index (κ2) is 10.6. The molecule has 2 saturated heterocycles. The highest BCUT2D eigenvalue weighted by atomic mass is 35.5. The van der Waals surface area contributed by atoms with E-state index in [0.29, 0.717) is 46.2 Å². The third kappa shape index (κ3) is 3.95. The molecule has 224 valence electrons. The fourth-order valence-corrected chi connectivity index (χ4v) is 8.72. The number of phenols is 1. The number of likely N-dealkylation sites (tertiary alicyclic amines) is 1. The molecule has 9 heteroatoms. The summed E-state index contributed by atoms with van der Waals surface area (Å²) in [5.41, 5.74) is 0.685. The molecule has 0 spiro atoms. The number of hydrogen-bond donors (Lipinski definition) is 1. The van der Waals surface area contributed by atoms with E-state index in [1.54, 1.807) is 36.4 Å². The van der Waals surface area contributed by atoms with Crippen molar-refractivity contribution in [2.24, 2.45) is 23.7 Å². The minimum absolute atomic E-state index is 0.0694. The van der Waals surface area contributed by atoms with E-state index in [0.717, 1.165) is 5.57 Å². The second-order valence-corrected chi connectivity index (χ2v) is 13.0. The average molecular weight is 630 g/mol. The van der Waals surface area contributed by atoms with Crippen molar-refractivity contribution in [3.63, 3.8) is 0 Å². The summed E-state index contributed by atoms with van der Waals surface area (Å²) in [6.45, 7) is 2.26. The van der Waals surface area contributed by atoms with Crippen LogP contribution in [0.3, 0.4) is 0 Å². The summed E-state index contributed by atoms with van der Waals surface area (Å²) < 4.78 is 0. The summed E-state index contributed by atoms with van der Waals surface area (Å²) >= 11 is 12.9. The van der Waals surface area contributed by atoms with E-state index in [4.69, 9.17) is 23.2 Å². The quantitative estimate of drug-likeness (QED) is 0.265. The van der Waals surface area contributed by atoms with Crippen LogP contribution < -0.4 is 4.90 Å². The molecular formula is C35H30Cl2N2O5. The first-order valence-electron chi connectivity index (χ1n) is 14.9. The fourth-order valence-electron chi connectivity index (χ4n) is 8.35. The number of nitrogens with zero attached hydrogens (tertiary/aromatic N) is 2. The molecule has 2 heterocycles. The molecule has 2 aliphatic carbocycles. The molecule has 0 aromatic heterocycles. The molecule has 4 aliphatic rings. The number of aromatic hydroxyl groups is 1. The topological polar surface area (TPSA) is 95.0 Å². The van der Waals surface area contributed by atoms with Gasteiger partial charge >= 0.3 is 0 Å². The molecule has 1 N–H and O–H groups in total. The Morgan fingerprint density at radius 2 is 1.61 bits per heavy atom. The maximum absolute atomic E-state index is 15.1. The van der Waals surface area contributed by atoms with Crippen molar-refractivity contribution in [3.05, 3.63) is 106 Å². The van der Waals surface area contributed by atoms with Gasteiger partial charge in [-0.2, -0.15) is 0 Å². The van der Waals surface area contributed by atoms with E-state index < -0.39 is 46.8 Å². The van der Waals surface area contributed by atoms with Gasteiger partial charge in [0.1, 0.15) is 5.75 Å². The van der Waals surface area contributed by atoms with Crippen LogP contribution in [0.15, 0.2) is 84.4 Å². The van der Waals surface area contributed by atoms with E-state index in [-0.39, 0.29) is 24.0 Å². The zero-order valence-corrected chi connectivity index (χ0v) is 25.5. The van der Waals surface area contributed by atoms with Crippen molar-refractivity contribution >= 4 is 52.5 Å². The highest BCUT2D eigenvalue weighted by Crippen LogP contribution is 2.65. The number of carbonyl (C=O) groups excluding carboxylic acids is 4. The van der Waals surface area contributed by atoms with Crippen LogP contribution in [0.2, 0.25) is 10.0 Å². The molecule has 6 atom stereocenters. The van der Waals surface area contributed by atoms with Crippen LogP contribution in [-0.2, 0) is 24.6 Å². The first-order valence-corrected chi connectivity index (χ1v) is 15.7. The van der Waals surface area contributed by atoms with Crippen molar-refractivity contribution < 1.29 is 24.3 Å². The summed E-state index contributed by atoms with van der Waals surface area (Å²) in [5.74, 6) is -4.75. The summed E-state index contributed by atoms with van der Waals surface area (Å²) in [4.78, 5) is 59.7. The highest BCUT2D eigenvalue weighted by Gasteiger charge is 2.70. The predicted molar refractivity (Wildman–Crippen MR) is 166 cm³/mol. The average Bonchev–Trinajstić information content (AvgIpc) is 3.40. The summed E-state index contributed by atoms with van der Waals surface area (Å²) in [6, 6.07) is 20.5. The van der Waals surface area contributed by atoms with Crippen LogP contribution in [0.4, 0.5) is 5.69 Å². The van der Waals surface area contributed by atoms with E-state index in [9.17, 15) is 19.5 Å². The van der Waals surface area contributed by atoms with Crippen molar-refractivity contribution in [2.45, 2.75) is 37.5 Å². The Kier molecular flexibility index (Phi) is 6.94. The number of phenolic OH excluding ortho intramolecular Hbond substituents is 1.